The summed E-state index contributed by atoms with van der Waals surface area (Å²) in [7, 11) is 0. The second-order valence-corrected chi connectivity index (χ2v) is 10.1. The Morgan fingerprint density at radius 2 is 1.12 bits per heavy atom. The van der Waals surface area contributed by atoms with Crippen LogP contribution < -0.4 is 0 Å². The fraction of sp³-hybridized carbons (Fsp3) is 0.0263. The predicted octanol–water partition coefficient (Wildman–Crippen LogP) is 10.2. The Morgan fingerprint density at radius 1 is 0.500 bits per heavy atom. The van der Waals surface area contributed by atoms with E-state index in [1.54, 1.807) is 0 Å². The van der Waals surface area contributed by atoms with Gasteiger partial charge in [0.05, 0.1) is 0 Å². The molecule has 0 saturated carbocycles. The topological polar surface area (TPSA) is 37.0 Å². The quantitative estimate of drug-likeness (QED) is 0.221. The molecule has 0 amide bonds. The smallest absolute Gasteiger partial charge is 0.136 e. The van der Waals surface area contributed by atoms with Gasteiger partial charge in [-0.3, -0.25) is 0 Å². The molecular weight excluding hydrogens is 486 g/mol. The summed E-state index contributed by atoms with van der Waals surface area (Å²) < 4.78 is 6.33. The minimum Gasteiger partial charge on any atom is -0.456 e. The molecule has 1 aromatic heterocycles. The number of furan rings is 1. The van der Waals surface area contributed by atoms with Crippen molar-refractivity contribution in [2.24, 2.45) is 0 Å². The SMILES string of the molecule is N=C(Cc1ccccc1)c1cccc(-c2cccc3oc4ccc(-c5ccccc5-c5ccccc5)cc4c23)c1. The number of benzene rings is 6. The van der Waals surface area contributed by atoms with Gasteiger partial charge in [-0.25, -0.2) is 0 Å². The van der Waals surface area contributed by atoms with Crippen LogP contribution in [0.1, 0.15) is 11.1 Å². The summed E-state index contributed by atoms with van der Waals surface area (Å²) in [6.07, 6.45) is 0.604. The summed E-state index contributed by atoms with van der Waals surface area (Å²) in [6, 6.07) is 50.4. The van der Waals surface area contributed by atoms with Crippen LogP contribution in [-0.2, 0) is 6.42 Å². The lowest BCUT2D eigenvalue weighted by molar-refractivity contribution is 0.669. The van der Waals surface area contributed by atoms with E-state index in [0.29, 0.717) is 12.1 Å². The molecule has 40 heavy (non-hydrogen) atoms. The van der Waals surface area contributed by atoms with Crippen LogP contribution in [0.2, 0.25) is 0 Å². The van der Waals surface area contributed by atoms with E-state index in [9.17, 15) is 0 Å². The Morgan fingerprint density at radius 3 is 1.93 bits per heavy atom. The van der Waals surface area contributed by atoms with Crippen LogP contribution in [-0.4, -0.2) is 5.71 Å². The molecule has 6 aromatic carbocycles. The standard InChI is InChI=1S/C38H27NO/c39-35(23-26-11-3-1-4-12-26)30-16-9-15-28(24-30)33-19-10-20-37-38(33)34-25-29(21-22-36(34)40-37)32-18-8-7-17-31(32)27-13-5-2-6-14-27/h1-22,24-25,39H,23H2. The zero-order valence-electron chi connectivity index (χ0n) is 22.0. The van der Waals surface area contributed by atoms with Crippen LogP contribution in [0.15, 0.2) is 150 Å². The Kier molecular flexibility index (Phi) is 6.07. The van der Waals surface area contributed by atoms with Gasteiger partial charge < -0.3 is 9.83 Å². The number of hydrogen-bond acceptors (Lipinski definition) is 2. The zero-order valence-corrected chi connectivity index (χ0v) is 22.0. The molecule has 0 aliphatic heterocycles. The number of rotatable bonds is 6. The Labute approximate surface area is 233 Å². The van der Waals surface area contributed by atoms with Crippen molar-refractivity contribution in [3.8, 4) is 33.4 Å². The number of fused-ring (bicyclic) bond motifs is 3. The van der Waals surface area contributed by atoms with Gasteiger partial charge in [0.1, 0.15) is 11.2 Å². The molecule has 7 rings (SSSR count). The largest absolute Gasteiger partial charge is 0.456 e. The highest BCUT2D eigenvalue weighted by Gasteiger charge is 2.15. The van der Waals surface area contributed by atoms with E-state index < -0.39 is 0 Å². The third-order valence-electron chi connectivity index (χ3n) is 7.56. The highest BCUT2D eigenvalue weighted by molar-refractivity contribution is 6.14. The third-order valence-corrected chi connectivity index (χ3v) is 7.56. The molecule has 0 aliphatic rings. The van der Waals surface area contributed by atoms with Crippen LogP contribution in [0.3, 0.4) is 0 Å². The lowest BCUT2D eigenvalue weighted by atomic mass is 9.92. The van der Waals surface area contributed by atoms with E-state index >= 15 is 0 Å². The number of hydrogen-bond donors (Lipinski definition) is 1. The van der Waals surface area contributed by atoms with Crippen LogP contribution in [0.4, 0.5) is 0 Å². The maximum absolute atomic E-state index is 8.79. The van der Waals surface area contributed by atoms with E-state index in [2.05, 4.69) is 103 Å². The van der Waals surface area contributed by atoms with Gasteiger partial charge in [-0.05, 0) is 68.8 Å². The fourth-order valence-corrected chi connectivity index (χ4v) is 5.62. The minimum absolute atomic E-state index is 0.604. The van der Waals surface area contributed by atoms with Crippen LogP contribution in [0, 0.1) is 5.41 Å². The van der Waals surface area contributed by atoms with Crippen molar-refractivity contribution < 1.29 is 4.42 Å². The first-order chi connectivity index (χ1) is 19.7. The Bertz CT molecular complexity index is 1980. The molecule has 0 atom stereocenters. The molecule has 2 nitrogen and oxygen atoms in total. The average molecular weight is 514 g/mol. The molecule has 1 heterocycles. The van der Waals surface area contributed by atoms with Crippen molar-refractivity contribution >= 4 is 27.7 Å². The maximum Gasteiger partial charge on any atom is 0.136 e. The van der Waals surface area contributed by atoms with E-state index in [0.717, 1.165) is 49.8 Å². The van der Waals surface area contributed by atoms with E-state index in [-0.39, 0.29) is 0 Å². The first kappa shape index (κ1) is 23.9. The Balaban J connectivity index is 1.34. The number of nitrogens with one attached hydrogen (secondary N) is 1. The van der Waals surface area contributed by atoms with Gasteiger partial charge in [0.2, 0.25) is 0 Å². The van der Waals surface area contributed by atoms with Crippen molar-refractivity contribution in [1.29, 1.82) is 5.41 Å². The molecule has 190 valence electrons. The molecule has 0 radical (unpaired) electrons. The molecule has 7 aromatic rings. The molecular formula is C38H27NO. The highest BCUT2D eigenvalue weighted by atomic mass is 16.3. The van der Waals surface area contributed by atoms with Crippen molar-refractivity contribution in [3.63, 3.8) is 0 Å². The van der Waals surface area contributed by atoms with Crippen molar-refractivity contribution in [1.82, 2.24) is 0 Å². The van der Waals surface area contributed by atoms with E-state index in [1.807, 2.05) is 42.5 Å². The summed E-state index contributed by atoms with van der Waals surface area (Å²) in [5.74, 6) is 0. The minimum atomic E-state index is 0.604. The molecule has 0 saturated heterocycles. The summed E-state index contributed by atoms with van der Waals surface area (Å²) in [5, 5.41) is 11.0. The molecule has 1 N–H and O–H groups in total. The molecule has 0 spiro atoms. The van der Waals surface area contributed by atoms with Gasteiger partial charge in [0, 0.05) is 22.9 Å². The normalized spacial score (nSPS) is 11.2. The van der Waals surface area contributed by atoms with Crippen LogP contribution in [0.5, 0.6) is 0 Å². The van der Waals surface area contributed by atoms with Gasteiger partial charge in [-0.15, -0.1) is 0 Å². The predicted molar refractivity (Wildman–Crippen MR) is 167 cm³/mol. The summed E-state index contributed by atoms with van der Waals surface area (Å²) in [6.45, 7) is 0. The van der Waals surface area contributed by atoms with Crippen molar-refractivity contribution in [3.05, 3.63) is 157 Å². The van der Waals surface area contributed by atoms with Crippen molar-refractivity contribution in [2.45, 2.75) is 6.42 Å². The lowest BCUT2D eigenvalue weighted by Gasteiger charge is -2.11. The van der Waals surface area contributed by atoms with Gasteiger partial charge in [0.25, 0.3) is 0 Å². The van der Waals surface area contributed by atoms with E-state index in [4.69, 9.17) is 9.83 Å². The monoisotopic (exact) mass is 513 g/mol. The van der Waals surface area contributed by atoms with Crippen LogP contribution in [0.25, 0.3) is 55.3 Å². The fourth-order valence-electron chi connectivity index (χ4n) is 5.62. The first-order valence-corrected chi connectivity index (χ1v) is 13.6. The second kappa shape index (κ2) is 10.2. The molecule has 0 unspecified atom stereocenters. The Hall–Kier alpha value is -5.21. The average Bonchev–Trinajstić information content (AvgIpc) is 3.40. The van der Waals surface area contributed by atoms with Gasteiger partial charge in [-0.2, -0.15) is 0 Å². The summed E-state index contributed by atoms with van der Waals surface area (Å²) >= 11 is 0. The lowest BCUT2D eigenvalue weighted by Crippen LogP contribution is -2.03. The summed E-state index contributed by atoms with van der Waals surface area (Å²) in [5.41, 5.74) is 11.4. The zero-order chi connectivity index (χ0) is 26.9. The van der Waals surface area contributed by atoms with Gasteiger partial charge >= 0.3 is 0 Å². The second-order valence-electron chi connectivity index (χ2n) is 10.1. The molecule has 0 aliphatic carbocycles. The third kappa shape index (κ3) is 4.40. The van der Waals surface area contributed by atoms with Gasteiger partial charge in [-0.1, -0.05) is 121 Å². The first-order valence-electron chi connectivity index (χ1n) is 13.6. The molecule has 0 bridgehead atoms. The van der Waals surface area contributed by atoms with Gasteiger partial charge in [0.15, 0.2) is 0 Å². The summed E-state index contributed by atoms with van der Waals surface area (Å²) in [4.78, 5) is 0. The highest BCUT2D eigenvalue weighted by Crippen LogP contribution is 2.40. The molecule has 0 fully saturated rings. The molecule has 2 heteroatoms. The van der Waals surface area contributed by atoms with E-state index in [1.165, 1.54) is 16.7 Å². The maximum atomic E-state index is 8.79. The van der Waals surface area contributed by atoms with Crippen molar-refractivity contribution in [2.75, 3.05) is 0 Å². The van der Waals surface area contributed by atoms with Crippen LogP contribution >= 0.6 is 0 Å².